The number of amides is 1. The highest BCUT2D eigenvalue weighted by Gasteiger charge is 2.11. The van der Waals surface area contributed by atoms with Gasteiger partial charge in [-0.05, 0) is 47.9 Å². The maximum absolute atomic E-state index is 12.5. The molecule has 8 heteroatoms. The van der Waals surface area contributed by atoms with Crippen molar-refractivity contribution in [2.24, 2.45) is 7.05 Å². The average Bonchev–Trinajstić information content (AvgIpc) is 3.25. The molecule has 162 valence electrons. The minimum absolute atomic E-state index is 0.199. The van der Waals surface area contributed by atoms with E-state index in [1.165, 1.54) is 0 Å². The molecule has 0 fully saturated rings. The van der Waals surface area contributed by atoms with Crippen LogP contribution >= 0.6 is 0 Å². The number of carbonyl (C=O) groups excluding carboxylic acids is 1. The number of aryl methyl sites for hydroxylation is 2. The van der Waals surface area contributed by atoms with Crippen LogP contribution < -0.4 is 16.4 Å². The van der Waals surface area contributed by atoms with Crippen LogP contribution in [0.5, 0.6) is 0 Å². The van der Waals surface area contributed by atoms with Gasteiger partial charge in [0.25, 0.3) is 5.91 Å². The number of rotatable bonds is 7. The van der Waals surface area contributed by atoms with Crippen LogP contribution in [0.2, 0.25) is 0 Å². The van der Waals surface area contributed by atoms with Crippen molar-refractivity contribution >= 4 is 23.1 Å². The first-order chi connectivity index (χ1) is 15.5. The zero-order valence-electron chi connectivity index (χ0n) is 18.0. The molecule has 0 saturated heterocycles. The number of nitrogens with zero attached hydrogens (tertiary/aromatic N) is 4. The van der Waals surface area contributed by atoms with Gasteiger partial charge in [0.15, 0.2) is 0 Å². The van der Waals surface area contributed by atoms with Crippen LogP contribution in [0.25, 0.3) is 11.4 Å². The topological polar surface area (TPSA) is 111 Å². The Morgan fingerprint density at radius 1 is 1.06 bits per heavy atom. The fourth-order valence-corrected chi connectivity index (χ4v) is 3.36. The molecule has 4 rings (SSSR count). The molecule has 0 aliphatic heterocycles. The van der Waals surface area contributed by atoms with Crippen molar-refractivity contribution in [3.63, 3.8) is 0 Å². The molecule has 0 unspecified atom stereocenters. The SMILES string of the molecule is CCc1ccc(-c2cnnn2C)nc1NCc1ccc(C(=O)Nc2ccccc2N)cc1. The summed E-state index contributed by atoms with van der Waals surface area (Å²) in [4.78, 5) is 17.3. The molecular weight excluding hydrogens is 402 g/mol. The first kappa shape index (κ1) is 21.0. The number of hydrogen-bond donors (Lipinski definition) is 3. The van der Waals surface area contributed by atoms with Crippen molar-refractivity contribution in [3.05, 3.63) is 83.6 Å². The van der Waals surface area contributed by atoms with Crippen LogP contribution in [0.1, 0.15) is 28.4 Å². The minimum Gasteiger partial charge on any atom is -0.397 e. The van der Waals surface area contributed by atoms with Crippen molar-refractivity contribution in [2.45, 2.75) is 19.9 Å². The van der Waals surface area contributed by atoms with Gasteiger partial charge in [-0.2, -0.15) is 0 Å². The lowest BCUT2D eigenvalue weighted by Gasteiger charge is -2.12. The summed E-state index contributed by atoms with van der Waals surface area (Å²) in [6, 6.07) is 18.7. The number of anilines is 3. The standard InChI is InChI=1S/C24H25N7O/c1-3-17-12-13-21(22-15-27-30-31(22)2)28-23(17)26-14-16-8-10-18(11-9-16)24(32)29-20-7-5-4-6-19(20)25/h4-13,15H,3,14,25H2,1-2H3,(H,26,28)(H,29,32). The van der Waals surface area contributed by atoms with E-state index in [1.54, 1.807) is 35.1 Å². The van der Waals surface area contributed by atoms with Crippen LogP contribution in [-0.2, 0) is 20.0 Å². The smallest absolute Gasteiger partial charge is 0.255 e. The molecule has 0 aliphatic carbocycles. The molecule has 1 amide bonds. The lowest BCUT2D eigenvalue weighted by molar-refractivity contribution is 0.102. The zero-order chi connectivity index (χ0) is 22.5. The molecule has 2 aromatic heterocycles. The fraction of sp³-hybridized carbons (Fsp3) is 0.167. The Morgan fingerprint density at radius 3 is 2.53 bits per heavy atom. The summed E-state index contributed by atoms with van der Waals surface area (Å²) in [6.45, 7) is 2.68. The number of aromatic nitrogens is 4. The second kappa shape index (κ2) is 9.30. The summed E-state index contributed by atoms with van der Waals surface area (Å²) in [5.74, 6) is 0.627. The molecule has 0 atom stereocenters. The summed E-state index contributed by atoms with van der Waals surface area (Å²) in [5.41, 5.74) is 11.4. The summed E-state index contributed by atoms with van der Waals surface area (Å²) in [5, 5.41) is 14.2. The molecule has 0 saturated carbocycles. The third kappa shape index (κ3) is 4.59. The maximum atomic E-state index is 12.5. The highest BCUT2D eigenvalue weighted by Crippen LogP contribution is 2.22. The van der Waals surface area contributed by atoms with E-state index in [-0.39, 0.29) is 5.91 Å². The maximum Gasteiger partial charge on any atom is 0.255 e. The fourth-order valence-electron chi connectivity index (χ4n) is 3.36. The number of pyridine rings is 1. The van der Waals surface area contributed by atoms with Gasteiger partial charge in [0.1, 0.15) is 11.5 Å². The van der Waals surface area contributed by atoms with Gasteiger partial charge >= 0.3 is 0 Å². The lowest BCUT2D eigenvalue weighted by Crippen LogP contribution is -2.13. The predicted octanol–water partition coefficient (Wildman–Crippen LogP) is 3.89. The first-order valence-electron chi connectivity index (χ1n) is 10.4. The quantitative estimate of drug-likeness (QED) is 0.386. The molecule has 4 aromatic rings. The summed E-state index contributed by atoms with van der Waals surface area (Å²) < 4.78 is 1.70. The Morgan fingerprint density at radius 2 is 1.84 bits per heavy atom. The summed E-state index contributed by atoms with van der Waals surface area (Å²) >= 11 is 0. The molecule has 0 spiro atoms. The van der Waals surface area contributed by atoms with Gasteiger partial charge < -0.3 is 16.4 Å². The number of hydrogen-bond acceptors (Lipinski definition) is 6. The molecule has 32 heavy (non-hydrogen) atoms. The van der Waals surface area contributed by atoms with E-state index in [4.69, 9.17) is 10.7 Å². The first-order valence-corrected chi connectivity index (χ1v) is 10.4. The molecule has 0 radical (unpaired) electrons. The third-order valence-electron chi connectivity index (χ3n) is 5.22. The second-order valence-electron chi connectivity index (χ2n) is 7.39. The number of benzene rings is 2. The van der Waals surface area contributed by atoms with Crippen LogP contribution in [-0.4, -0.2) is 25.9 Å². The van der Waals surface area contributed by atoms with E-state index in [0.29, 0.717) is 23.5 Å². The van der Waals surface area contributed by atoms with Crippen molar-refractivity contribution in [1.82, 2.24) is 20.0 Å². The largest absolute Gasteiger partial charge is 0.397 e. The Labute approximate surface area is 186 Å². The van der Waals surface area contributed by atoms with Crippen LogP contribution in [0.3, 0.4) is 0 Å². The van der Waals surface area contributed by atoms with Gasteiger partial charge in [-0.1, -0.05) is 42.5 Å². The van der Waals surface area contributed by atoms with Gasteiger partial charge in [-0.3, -0.25) is 4.79 Å². The Balaban J connectivity index is 1.45. The van der Waals surface area contributed by atoms with E-state index in [2.05, 4.69) is 33.9 Å². The number of para-hydroxylation sites is 2. The van der Waals surface area contributed by atoms with Crippen molar-refractivity contribution in [3.8, 4) is 11.4 Å². The number of carbonyl (C=O) groups is 1. The van der Waals surface area contributed by atoms with Crippen molar-refractivity contribution < 1.29 is 4.79 Å². The van der Waals surface area contributed by atoms with Gasteiger partial charge in [0.05, 0.1) is 23.3 Å². The Hall–Kier alpha value is -4.20. The number of nitrogen functional groups attached to an aromatic ring is 1. The predicted molar refractivity (Wildman–Crippen MR) is 126 cm³/mol. The van der Waals surface area contributed by atoms with Crippen LogP contribution in [0, 0.1) is 0 Å². The van der Waals surface area contributed by atoms with Crippen molar-refractivity contribution in [2.75, 3.05) is 16.4 Å². The molecule has 8 nitrogen and oxygen atoms in total. The molecule has 0 bridgehead atoms. The van der Waals surface area contributed by atoms with Gasteiger partial charge in [0.2, 0.25) is 0 Å². The third-order valence-corrected chi connectivity index (χ3v) is 5.22. The van der Waals surface area contributed by atoms with Gasteiger partial charge in [-0.15, -0.1) is 5.10 Å². The second-order valence-corrected chi connectivity index (χ2v) is 7.39. The van der Waals surface area contributed by atoms with Crippen LogP contribution in [0.4, 0.5) is 17.2 Å². The van der Waals surface area contributed by atoms with Crippen molar-refractivity contribution in [1.29, 1.82) is 0 Å². The highest BCUT2D eigenvalue weighted by molar-refractivity contribution is 6.05. The minimum atomic E-state index is -0.199. The number of nitrogens with one attached hydrogen (secondary N) is 2. The normalized spacial score (nSPS) is 10.7. The van der Waals surface area contributed by atoms with Gasteiger partial charge in [-0.25, -0.2) is 9.67 Å². The Bertz CT molecular complexity index is 1230. The average molecular weight is 428 g/mol. The van der Waals surface area contributed by atoms with Gasteiger partial charge in [0, 0.05) is 19.2 Å². The zero-order valence-corrected chi connectivity index (χ0v) is 18.0. The summed E-state index contributed by atoms with van der Waals surface area (Å²) in [6.07, 6.45) is 2.56. The Kier molecular flexibility index (Phi) is 6.12. The monoisotopic (exact) mass is 427 g/mol. The van der Waals surface area contributed by atoms with E-state index >= 15 is 0 Å². The molecular formula is C24H25N7O. The number of nitrogens with two attached hydrogens (primary N) is 1. The van der Waals surface area contributed by atoms with E-state index in [0.717, 1.165) is 34.8 Å². The van der Waals surface area contributed by atoms with E-state index < -0.39 is 0 Å². The molecule has 4 N–H and O–H groups in total. The molecule has 2 heterocycles. The van der Waals surface area contributed by atoms with Crippen LogP contribution in [0.15, 0.2) is 66.9 Å². The molecule has 2 aromatic carbocycles. The summed E-state index contributed by atoms with van der Waals surface area (Å²) in [7, 11) is 1.84. The highest BCUT2D eigenvalue weighted by atomic mass is 16.1. The van der Waals surface area contributed by atoms with E-state index in [1.807, 2.05) is 37.4 Å². The lowest BCUT2D eigenvalue weighted by atomic mass is 10.1. The molecule has 0 aliphatic rings. The van der Waals surface area contributed by atoms with E-state index in [9.17, 15) is 4.79 Å².